The second-order valence-electron chi connectivity index (χ2n) is 20.0. The van der Waals surface area contributed by atoms with E-state index in [1.54, 1.807) is 39.9 Å². The molecule has 8 rings (SSSR count). The maximum absolute atomic E-state index is 14.0. The Morgan fingerprint density at radius 1 is 0.987 bits per heavy atom. The van der Waals surface area contributed by atoms with Crippen molar-refractivity contribution in [2.24, 2.45) is 5.41 Å². The fourth-order valence-corrected chi connectivity index (χ4v) is 9.92. The molecule has 0 aliphatic carbocycles. The Balaban J connectivity index is 0.787. The minimum atomic E-state index is -1.01. The highest BCUT2D eigenvalue weighted by Crippen LogP contribution is 2.35. The minimum Gasteiger partial charge on any atom is -0.485 e. The van der Waals surface area contributed by atoms with Crippen LogP contribution in [0, 0.1) is 18.2 Å². The molecule has 0 saturated carbocycles. The third-order valence-corrected chi connectivity index (χ3v) is 14.3. The summed E-state index contributed by atoms with van der Waals surface area (Å²) < 4.78 is 33.1. The predicted octanol–water partition coefficient (Wildman–Crippen LogP) is 6.59. The van der Waals surface area contributed by atoms with E-state index in [2.05, 4.69) is 51.4 Å². The summed E-state index contributed by atoms with van der Waals surface area (Å²) in [6, 6.07) is 13.5. The first-order chi connectivity index (χ1) is 37.1. The van der Waals surface area contributed by atoms with Gasteiger partial charge in [0.2, 0.25) is 23.6 Å². The van der Waals surface area contributed by atoms with Crippen LogP contribution >= 0.6 is 22.9 Å². The molecule has 2 aliphatic rings. The number of aromatic nitrogens is 6. The van der Waals surface area contributed by atoms with Gasteiger partial charge in [0.05, 0.1) is 71.0 Å². The molecule has 6 aromatic rings. The van der Waals surface area contributed by atoms with E-state index in [9.17, 15) is 28.7 Å². The Labute approximate surface area is 454 Å². The van der Waals surface area contributed by atoms with Crippen molar-refractivity contribution in [3.8, 4) is 16.2 Å². The molecule has 77 heavy (non-hydrogen) atoms. The number of hydrogen-bond acceptors (Lipinski definition) is 16. The third kappa shape index (κ3) is 15.6. The molecule has 20 nitrogen and oxygen atoms in total. The van der Waals surface area contributed by atoms with Gasteiger partial charge in [-0.3, -0.25) is 24.1 Å². The van der Waals surface area contributed by atoms with Crippen LogP contribution in [0.15, 0.2) is 84.8 Å². The molecular weight excluding hydrogens is 1030 g/mol. The highest BCUT2D eigenvalue weighted by Gasteiger charge is 2.44. The van der Waals surface area contributed by atoms with Gasteiger partial charge in [-0.25, -0.2) is 24.0 Å². The Bertz CT molecular complexity index is 3040. The number of ether oxygens (including phenoxy) is 3. The molecule has 5 heterocycles. The van der Waals surface area contributed by atoms with Gasteiger partial charge in [-0.1, -0.05) is 74.3 Å². The van der Waals surface area contributed by atoms with E-state index in [1.165, 1.54) is 41.9 Å². The van der Waals surface area contributed by atoms with Gasteiger partial charge in [0.25, 0.3) is 0 Å². The zero-order valence-electron chi connectivity index (χ0n) is 43.5. The first-order valence-electron chi connectivity index (χ1n) is 25.5. The van der Waals surface area contributed by atoms with E-state index in [4.69, 9.17) is 25.8 Å². The minimum absolute atomic E-state index is 0.00262. The number of hydrogen-bond donors (Lipinski definition) is 5. The topological polar surface area (TPSA) is 240 Å². The summed E-state index contributed by atoms with van der Waals surface area (Å²) in [7, 11) is 0. The average molecular weight is 1100 g/mol. The van der Waals surface area contributed by atoms with E-state index < -0.39 is 47.1 Å². The van der Waals surface area contributed by atoms with Crippen LogP contribution in [0.1, 0.15) is 63.4 Å². The van der Waals surface area contributed by atoms with Gasteiger partial charge in [-0.05, 0) is 73.7 Å². The number of aliphatic hydroxyl groups excluding tert-OH is 1. The Hall–Kier alpha value is -6.95. The average Bonchev–Trinajstić information content (AvgIpc) is 4.18. The van der Waals surface area contributed by atoms with Crippen molar-refractivity contribution in [2.45, 2.75) is 91.3 Å². The lowest BCUT2D eigenvalue weighted by atomic mass is 9.85. The molecule has 4 amide bonds. The SMILES string of the molecule is Cc1ncsc1-c1ccc(CNC(=O)[C@@H]2C[C@@H](O)CN2C(=O)[C@@H](NC(=O)COCCOCCn2cc(COc3cc4ncnc(Nc5ccc(F)c(Cl)c5)c4cc3NC(=O)/C=C/CN3CCCCC3)nn2)C(C)(C)C)cc1. The van der Waals surface area contributed by atoms with Gasteiger partial charge < -0.3 is 45.5 Å². The van der Waals surface area contributed by atoms with E-state index >= 15 is 0 Å². The number of thiazole rings is 1. The molecule has 0 radical (unpaired) electrons. The van der Waals surface area contributed by atoms with Gasteiger partial charge in [0.1, 0.15) is 54.7 Å². The van der Waals surface area contributed by atoms with Gasteiger partial charge in [-0.2, -0.15) is 0 Å². The molecule has 3 aromatic heterocycles. The zero-order chi connectivity index (χ0) is 54.5. The van der Waals surface area contributed by atoms with Crippen molar-refractivity contribution in [3.05, 3.63) is 113 Å². The van der Waals surface area contributed by atoms with Crippen LogP contribution in [-0.2, 0) is 48.3 Å². The van der Waals surface area contributed by atoms with Crippen LogP contribution in [0.25, 0.3) is 21.3 Å². The molecule has 0 unspecified atom stereocenters. The van der Waals surface area contributed by atoms with Gasteiger partial charge >= 0.3 is 0 Å². The molecule has 23 heteroatoms. The van der Waals surface area contributed by atoms with E-state index in [0.717, 1.165) is 47.6 Å². The number of nitrogens with one attached hydrogen (secondary N) is 4. The lowest BCUT2D eigenvalue weighted by Crippen LogP contribution is -2.58. The molecule has 3 atom stereocenters. The van der Waals surface area contributed by atoms with Crippen molar-refractivity contribution in [2.75, 3.05) is 63.2 Å². The molecule has 2 saturated heterocycles. The molecule has 2 fully saturated rings. The number of rotatable bonds is 23. The van der Waals surface area contributed by atoms with Gasteiger partial charge in [-0.15, -0.1) is 16.4 Å². The molecule has 408 valence electrons. The number of benzene rings is 3. The van der Waals surface area contributed by atoms with E-state index in [-0.39, 0.29) is 63.5 Å². The highest BCUT2D eigenvalue weighted by molar-refractivity contribution is 7.13. The Morgan fingerprint density at radius 2 is 1.78 bits per heavy atom. The monoisotopic (exact) mass is 1090 g/mol. The quantitative estimate of drug-likeness (QED) is 0.0336. The number of fused-ring (bicyclic) bond motifs is 1. The number of anilines is 3. The summed E-state index contributed by atoms with van der Waals surface area (Å²) in [5.74, 6) is -1.56. The normalized spacial score (nSPS) is 16.4. The second kappa shape index (κ2) is 26.4. The number of halogens is 2. The van der Waals surface area contributed by atoms with Crippen LogP contribution < -0.4 is 26.0 Å². The van der Waals surface area contributed by atoms with E-state index in [1.807, 2.05) is 58.0 Å². The zero-order valence-corrected chi connectivity index (χ0v) is 45.0. The Kier molecular flexibility index (Phi) is 19.3. The summed E-state index contributed by atoms with van der Waals surface area (Å²) in [6.45, 7) is 10.8. The number of likely N-dealkylation sites (tertiary alicyclic amines) is 2. The molecule has 0 spiro atoms. The first kappa shape index (κ1) is 56.3. The lowest BCUT2D eigenvalue weighted by molar-refractivity contribution is -0.144. The number of aliphatic hydroxyl groups is 1. The fraction of sp³-hybridized carbons (Fsp3) is 0.426. The van der Waals surface area contributed by atoms with Crippen molar-refractivity contribution in [1.29, 1.82) is 0 Å². The number of piperidine rings is 1. The number of amides is 4. The summed E-state index contributed by atoms with van der Waals surface area (Å²) >= 11 is 7.60. The van der Waals surface area contributed by atoms with Crippen molar-refractivity contribution < 1.29 is 42.9 Å². The summed E-state index contributed by atoms with van der Waals surface area (Å²) in [5, 5.41) is 31.4. The summed E-state index contributed by atoms with van der Waals surface area (Å²) in [6.07, 6.45) is 9.10. The van der Waals surface area contributed by atoms with Gasteiger partial charge in [0, 0.05) is 49.3 Å². The molecule has 5 N–H and O–H groups in total. The van der Waals surface area contributed by atoms with Crippen LogP contribution in [0.2, 0.25) is 5.02 Å². The van der Waals surface area contributed by atoms with Crippen LogP contribution in [0.3, 0.4) is 0 Å². The molecule has 2 aliphatic heterocycles. The third-order valence-electron chi connectivity index (χ3n) is 13.0. The number of aryl methyl sites for hydroxylation is 1. The van der Waals surface area contributed by atoms with Crippen LogP contribution in [0.4, 0.5) is 21.6 Å². The number of nitrogens with zero attached hydrogens (tertiary/aromatic N) is 8. The highest BCUT2D eigenvalue weighted by atomic mass is 35.5. The summed E-state index contributed by atoms with van der Waals surface area (Å²) in [5.41, 5.74) is 5.80. The number of carbonyl (C=O) groups excluding carboxylic acids is 4. The van der Waals surface area contributed by atoms with Crippen molar-refractivity contribution in [3.63, 3.8) is 0 Å². The largest absolute Gasteiger partial charge is 0.485 e. The fourth-order valence-electron chi connectivity index (χ4n) is 8.93. The lowest BCUT2D eigenvalue weighted by Gasteiger charge is -2.35. The molecular formula is C54H64ClFN12O8S. The predicted molar refractivity (Wildman–Crippen MR) is 290 cm³/mol. The van der Waals surface area contributed by atoms with Gasteiger partial charge in [0.15, 0.2) is 0 Å². The van der Waals surface area contributed by atoms with Crippen molar-refractivity contribution >= 4 is 74.7 Å². The Morgan fingerprint density at radius 3 is 2.53 bits per heavy atom. The maximum atomic E-state index is 14.0. The molecule has 0 bridgehead atoms. The van der Waals surface area contributed by atoms with Crippen LogP contribution in [-0.4, -0.2) is 139 Å². The number of β-amino-alcohol motifs (C(OH)–C–C–N with tert-alkyl or cyclic N) is 1. The van der Waals surface area contributed by atoms with Crippen LogP contribution in [0.5, 0.6) is 5.75 Å². The smallest absolute Gasteiger partial charge is 0.248 e. The molecule has 3 aromatic carbocycles. The maximum Gasteiger partial charge on any atom is 0.248 e. The second-order valence-corrected chi connectivity index (χ2v) is 21.2. The van der Waals surface area contributed by atoms with Crippen molar-refractivity contribution in [1.82, 2.24) is 50.4 Å². The standard InChI is InChI=1S/C54H64ClFN12O8S/c1-34-49(77-33-60-34)36-12-10-35(11-13-36)27-57-52(72)45-24-39(69)29-68(45)53(73)50(54(2,3)4)63-48(71)31-75-22-21-74-20-19-67-28-38(64-65-67)30-76-46-26-43-40(51(59-32-58-43)61-37-14-15-42(56)41(55)23-37)25-44(46)62-47(70)9-8-18-66-16-6-5-7-17-66/h8-15,23,25-26,28,32-33,39,45,50,69H,5-7,16-22,24,27,29-31H2,1-4H3,(H,57,72)(H,62,70)(H,63,71)(H,58,59,61)/b9-8+/t39-,45+,50-/m1/s1. The summed E-state index contributed by atoms with van der Waals surface area (Å²) in [4.78, 5) is 71.8. The van der Waals surface area contributed by atoms with E-state index in [0.29, 0.717) is 52.6 Å². The number of carbonyl (C=O) groups is 4. The first-order valence-corrected chi connectivity index (χ1v) is 26.8.